The molecule has 1 aromatic rings. The van der Waals surface area contributed by atoms with Gasteiger partial charge in [0.15, 0.2) is 11.5 Å². The number of ether oxygens (including phenoxy) is 2. The van der Waals surface area contributed by atoms with Crippen LogP contribution in [0.15, 0.2) is 18.2 Å². The third-order valence-electron chi connectivity index (χ3n) is 2.59. The second-order valence-electron chi connectivity index (χ2n) is 3.89. The Morgan fingerprint density at radius 1 is 1.50 bits per heavy atom. The van der Waals surface area contributed by atoms with Crippen LogP contribution in [0.1, 0.15) is 19.4 Å². The first kappa shape index (κ1) is 14.3. The molecule has 3 N–H and O–H groups in total. The van der Waals surface area contributed by atoms with Crippen molar-refractivity contribution in [1.82, 2.24) is 5.32 Å². The number of carbonyl (C=O) groups excluding carboxylic acids is 1. The van der Waals surface area contributed by atoms with Crippen LogP contribution in [0.5, 0.6) is 11.5 Å². The molecule has 1 atom stereocenters. The second kappa shape index (κ2) is 6.86. The lowest BCUT2D eigenvalue weighted by Gasteiger charge is -2.15. The molecule has 0 aliphatic rings. The van der Waals surface area contributed by atoms with Gasteiger partial charge >= 0.3 is 0 Å². The molecule has 0 aromatic heterocycles. The molecule has 1 unspecified atom stereocenters. The van der Waals surface area contributed by atoms with Gasteiger partial charge in [0.2, 0.25) is 5.91 Å². The second-order valence-corrected chi connectivity index (χ2v) is 3.89. The molecule has 0 saturated heterocycles. The first-order valence-electron chi connectivity index (χ1n) is 5.91. The lowest BCUT2D eigenvalue weighted by atomic mass is 10.1. The monoisotopic (exact) mass is 252 g/mol. The van der Waals surface area contributed by atoms with Crippen LogP contribution in [0.3, 0.4) is 0 Å². The highest BCUT2D eigenvalue weighted by atomic mass is 16.5. The van der Waals surface area contributed by atoms with Gasteiger partial charge in [0.05, 0.1) is 19.8 Å². The Labute approximate surface area is 107 Å². The number of methoxy groups -OCH3 is 1. The molecule has 1 rings (SSSR count). The van der Waals surface area contributed by atoms with E-state index in [1.165, 1.54) is 0 Å². The molecule has 5 nitrogen and oxygen atoms in total. The average Bonchev–Trinajstić information content (AvgIpc) is 2.36. The number of carbonyl (C=O) groups is 1. The fourth-order valence-electron chi connectivity index (χ4n) is 1.56. The smallest absolute Gasteiger partial charge is 0.234 e. The molecule has 0 radical (unpaired) electrons. The Kier molecular flexibility index (Phi) is 5.45. The van der Waals surface area contributed by atoms with Crippen molar-refractivity contribution >= 4 is 5.91 Å². The van der Waals surface area contributed by atoms with Crippen molar-refractivity contribution in [3.05, 3.63) is 23.8 Å². The average molecular weight is 252 g/mol. The normalized spacial score (nSPS) is 11.9. The van der Waals surface area contributed by atoms with E-state index in [1.807, 2.05) is 25.1 Å². The highest BCUT2D eigenvalue weighted by Gasteiger charge is 2.12. The SMILES string of the molecule is CCOc1cccc(CNC(C)C(N)=O)c1OC. The van der Waals surface area contributed by atoms with Gasteiger partial charge in [-0.2, -0.15) is 0 Å². The van der Waals surface area contributed by atoms with Gasteiger partial charge in [-0.3, -0.25) is 4.79 Å². The predicted molar refractivity (Wildman–Crippen MR) is 69.7 cm³/mol. The molecule has 0 saturated carbocycles. The molecule has 18 heavy (non-hydrogen) atoms. The molecule has 1 aromatic carbocycles. The van der Waals surface area contributed by atoms with Crippen molar-refractivity contribution in [2.24, 2.45) is 5.73 Å². The van der Waals surface area contributed by atoms with Gasteiger partial charge < -0.3 is 20.5 Å². The lowest BCUT2D eigenvalue weighted by Crippen LogP contribution is -2.38. The zero-order valence-corrected chi connectivity index (χ0v) is 11.0. The fourth-order valence-corrected chi connectivity index (χ4v) is 1.56. The minimum absolute atomic E-state index is 0.380. The van der Waals surface area contributed by atoms with E-state index < -0.39 is 0 Å². The molecule has 100 valence electrons. The first-order chi connectivity index (χ1) is 8.60. The van der Waals surface area contributed by atoms with Gasteiger partial charge in [0.25, 0.3) is 0 Å². The number of hydrogen-bond acceptors (Lipinski definition) is 4. The first-order valence-corrected chi connectivity index (χ1v) is 5.91. The summed E-state index contributed by atoms with van der Waals surface area (Å²) in [6, 6.07) is 5.27. The number of amides is 1. The van der Waals surface area contributed by atoms with Crippen LogP contribution in [0, 0.1) is 0 Å². The summed E-state index contributed by atoms with van der Waals surface area (Å²) in [5, 5.41) is 3.03. The van der Waals surface area contributed by atoms with E-state index >= 15 is 0 Å². The molecule has 0 bridgehead atoms. The van der Waals surface area contributed by atoms with Crippen molar-refractivity contribution in [2.45, 2.75) is 26.4 Å². The molecule has 0 fully saturated rings. The highest BCUT2D eigenvalue weighted by Crippen LogP contribution is 2.30. The number of benzene rings is 1. The summed E-state index contributed by atoms with van der Waals surface area (Å²) in [5.74, 6) is 1.00. The minimum Gasteiger partial charge on any atom is -0.493 e. The maximum Gasteiger partial charge on any atom is 0.234 e. The van der Waals surface area contributed by atoms with Crippen molar-refractivity contribution in [1.29, 1.82) is 0 Å². The zero-order chi connectivity index (χ0) is 13.5. The van der Waals surface area contributed by atoms with Crippen LogP contribution < -0.4 is 20.5 Å². The lowest BCUT2D eigenvalue weighted by molar-refractivity contribution is -0.119. The number of nitrogens with one attached hydrogen (secondary N) is 1. The molecule has 0 aliphatic heterocycles. The summed E-state index contributed by atoms with van der Waals surface area (Å²) in [7, 11) is 1.60. The number of primary amides is 1. The summed E-state index contributed by atoms with van der Waals surface area (Å²) in [6.07, 6.45) is 0. The molecular formula is C13H20N2O3. The summed E-state index contributed by atoms with van der Waals surface area (Å²) in [6.45, 7) is 4.71. The highest BCUT2D eigenvalue weighted by molar-refractivity contribution is 5.79. The Balaban J connectivity index is 2.81. The topological polar surface area (TPSA) is 73.6 Å². The Morgan fingerprint density at radius 2 is 2.22 bits per heavy atom. The largest absolute Gasteiger partial charge is 0.493 e. The summed E-state index contributed by atoms with van der Waals surface area (Å²) >= 11 is 0. The van der Waals surface area contributed by atoms with Gasteiger partial charge in [0.1, 0.15) is 0 Å². The van der Waals surface area contributed by atoms with E-state index in [0.29, 0.717) is 24.7 Å². The maximum absolute atomic E-state index is 10.9. The fraction of sp³-hybridized carbons (Fsp3) is 0.462. The quantitative estimate of drug-likeness (QED) is 0.761. The van der Waals surface area contributed by atoms with Crippen molar-refractivity contribution in [3.63, 3.8) is 0 Å². The number of para-hydroxylation sites is 1. The molecule has 0 spiro atoms. The van der Waals surface area contributed by atoms with Crippen LogP contribution in [-0.4, -0.2) is 25.7 Å². The zero-order valence-electron chi connectivity index (χ0n) is 11.0. The molecule has 0 heterocycles. The van der Waals surface area contributed by atoms with E-state index in [1.54, 1.807) is 14.0 Å². The van der Waals surface area contributed by atoms with E-state index in [4.69, 9.17) is 15.2 Å². The standard InChI is InChI=1S/C13H20N2O3/c1-4-18-11-7-5-6-10(12(11)17-3)8-15-9(2)13(14)16/h5-7,9,15H,4,8H2,1-3H3,(H2,14,16). The van der Waals surface area contributed by atoms with Crippen LogP contribution in [0.4, 0.5) is 0 Å². The van der Waals surface area contributed by atoms with Gasteiger partial charge in [-0.05, 0) is 19.9 Å². The minimum atomic E-state index is -0.384. The Hall–Kier alpha value is -1.75. The molecule has 0 aliphatic carbocycles. The molecular weight excluding hydrogens is 232 g/mol. The van der Waals surface area contributed by atoms with Gasteiger partial charge in [-0.1, -0.05) is 12.1 Å². The van der Waals surface area contributed by atoms with E-state index in [9.17, 15) is 4.79 Å². The van der Waals surface area contributed by atoms with Crippen molar-refractivity contribution < 1.29 is 14.3 Å². The van der Waals surface area contributed by atoms with E-state index in [0.717, 1.165) is 5.56 Å². The summed E-state index contributed by atoms with van der Waals surface area (Å²) < 4.78 is 10.8. The summed E-state index contributed by atoms with van der Waals surface area (Å²) in [4.78, 5) is 10.9. The Morgan fingerprint density at radius 3 is 2.78 bits per heavy atom. The van der Waals surface area contributed by atoms with Crippen LogP contribution in [0.2, 0.25) is 0 Å². The number of rotatable bonds is 7. The maximum atomic E-state index is 10.9. The third-order valence-corrected chi connectivity index (χ3v) is 2.59. The number of hydrogen-bond donors (Lipinski definition) is 2. The van der Waals surface area contributed by atoms with E-state index in [2.05, 4.69) is 5.32 Å². The van der Waals surface area contributed by atoms with Crippen LogP contribution in [-0.2, 0) is 11.3 Å². The van der Waals surface area contributed by atoms with Crippen molar-refractivity contribution in [2.75, 3.05) is 13.7 Å². The van der Waals surface area contributed by atoms with E-state index in [-0.39, 0.29) is 11.9 Å². The summed E-state index contributed by atoms with van der Waals surface area (Å²) in [5.41, 5.74) is 6.12. The molecule has 1 amide bonds. The predicted octanol–water partition coefficient (Wildman–Crippen LogP) is 1.06. The van der Waals surface area contributed by atoms with Crippen LogP contribution >= 0.6 is 0 Å². The molecule has 5 heteroatoms. The van der Waals surface area contributed by atoms with Crippen LogP contribution in [0.25, 0.3) is 0 Å². The number of nitrogens with two attached hydrogens (primary N) is 1. The Bertz CT molecular complexity index is 407. The van der Waals surface area contributed by atoms with Gasteiger partial charge in [-0.25, -0.2) is 0 Å². The van der Waals surface area contributed by atoms with Gasteiger partial charge in [0, 0.05) is 12.1 Å². The van der Waals surface area contributed by atoms with Crippen molar-refractivity contribution in [3.8, 4) is 11.5 Å². The third kappa shape index (κ3) is 3.63. The van der Waals surface area contributed by atoms with Gasteiger partial charge in [-0.15, -0.1) is 0 Å².